The zero-order valence-electron chi connectivity index (χ0n) is 35.0. The van der Waals surface area contributed by atoms with E-state index in [4.69, 9.17) is 28.4 Å². The van der Waals surface area contributed by atoms with E-state index in [0.717, 1.165) is 36.4 Å². The molecule has 0 aliphatic carbocycles. The summed E-state index contributed by atoms with van der Waals surface area (Å²) in [6, 6.07) is 11.1. The lowest BCUT2D eigenvalue weighted by atomic mass is 10.1. The van der Waals surface area contributed by atoms with Crippen molar-refractivity contribution < 1.29 is 71.6 Å². The molecular formula is C40H44Br2F6N4O10S2. The van der Waals surface area contributed by atoms with Crippen molar-refractivity contribution >= 4 is 63.3 Å². The molecule has 2 aliphatic heterocycles. The smallest absolute Gasteiger partial charge is 0.419 e. The first-order chi connectivity index (χ1) is 29.9. The van der Waals surface area contributed by atoms with Crippen LogP contribution < -0.4 is 37.9 Å². The quantitative estimate of drug-likeness (QED) is 0.116. The van der Waals surface area contributed by atoms with E-state index in [9.17, 15) is 43.2 Å². The number of nitrogens with zero attached hydrogens (tertiary/aromatic N) is 2. The Morgan fingerprint density at radius 2 is 0.875 bits per heavy atom. The van der Waals surface area contributed by atoms with Crippen LogP contribution in [0.5, 0.6) is 34.5 Å². The molecule has 352 valence electrons. The third-order valence-corrected chi connectivity index (χ3v) is 14.5. The predicted octanol–water partition coefficient (Wildman–Crippen LogP) is 8.74. The third-order valence-electron chi connectivity index (χ3n) is 9.82. The van der Waals surface area contributed by atoms with Crippen LogP contribution in [0, 0.1) is 0 Å². The topological polar surface area (TPSA) is 154 Å². The van der Waals surface area contributed by atoms with Crippen molar-refractivity contribution in [1.29, 1.82) is 0 Å². The van der Waals surface area contributed by atoms with Gasteiger partial charge in [-0.3, -0.25) is 9.44 Å². The minimum absolute atomic E-state index is 0.0685. The summed E-state index contributed by atoms with van der Waals surface area (Å²) in [4.78, 5) is 3.54. The van der Waals surface area contributed by atoms with Gasteiger partial charge in [-0.2, -0.15) is 26.3 Å². The number of hydrogen-bond acceptors (Lipinski definition) is 12. The normalized spacial score (nSPS) is 17.3. The van der Waals surface area contributed by atoms with Gasteiger partial charge < -0.3 is 38.2 Å². The highest BCUT2D eigenvalue weighted by atomic mass is 79.9. The van der Waals surface area contributed by atoms with Crippen molar-refractivity contribution in [1.82, 2.24) is 9.80 Å². The molecular weight excluding hydrogens is 1030 g/mol. The highest BCUT2D eigenvalue weighted by Crippen LogP contribution is 2.42. The summed E-state index contributed by atoms with van der Waals surface area (Å²) >= 11 is 6.37. The van der Waals surface area contributed by atoms with Gasteiger partial charge in [0.05, 0.1) is 50.9 Å². The van der Waals surface area contributed by atoms with Gasteiger partial charge in [-0.1, -0.05) is 0 Å². The number of nitrogens with one attached hydrogen (secondary N) is 2. The maximum absolute atomic E-state index is 13.5. The van der Waals surface area contributed by atoms with E-state index < -0.39 is 67.2 Å². The van der Waals surface area contributed by atoms with Gasteiger partial charge in [0.15, 0.2) is 23.0 Å². The summed E-state index contributed by atoms with van der Waals surface area (Å²) in [7, 11) is 0.857. The molecule has 24 heteroatoms. The van der Waals surface area contributed by atoms with Gasteiger partial charge >= 0.3 is 12.4 Å². The molecule has 4 aromatic rings. The van der Waals surface area contributed by atoms with E-state index in [0.29, 0.717) is 50.5 Å². The average Bonchev–Trinajstić information content (AvgIpc) is 3.82. The van der Waals surface area contributed by atoms with Crippen molar-refractivity contribution in [2.24, 2.45) is 0 Å². The van der Waals surface area contributed by atoms with Crippen LogP contribution in [0.25, 0.3) is 0 Å². The minimum Gasteiger partial charge on any atom is -0.493 e. The second-order valence-electron chi connectivity index (χ2n) is 14.5. The predicted molar refractivity (Wildman–Crippen MR) is 232 cm³/mol. The largest absolute Gasteiger partial charge is 0.493 e. The summed E-state index contributed by atoms with van der Waals surface area (Å²) in [5.41, 5.74) is -2.08. The number of methoxy groups -OCH3 is 4. The maximum Gasteiger partial charge on any atom is 0.419 e. The highest BCUT2D eigenvalue weighted by molar-refractivity contribution is 9.10. The van der Waals surface area contributed by atoms with E-state index in [1.54, 1.807) is 0 Å². The van der Waals surface area contributed by atoms with Crippen LogP contribution in [0.2, 0.25) is 0 Å². The molecule has 2 fully saturated rings. The number of alkyl halides is 6. The van der Waals surface area contributed by atoms with Crippen molar-refractivity contribution in [3.8, 4) is 34.5 Å². The van der Waals surface area contributed by atoms with Gasteiger partial charge in [0.2, 0.25) is 0 Å². The summed E-state index contributed by atoms with van der Waals surface area (Å²) < 4.78 is 170. The molecule has 6 rings (SSSR count). The van der Waals surface area contributed by atoms with Crippen molar-refractivity contribution in [3.05, 3.63) is 80.7 Å². The SMILES string of the molecule is COc1cc(Br)c(S(=O)(=O)Nc2ccc(C(F)(F)F)c(O[C@@H]3CCN(C)C3)c2)cc1OC.COc1cc(Br)c(S(=O)(=O)Nc2ccc(C(F)(F)F)c(O[C@@H]3CCN(C)C3)c2)cc1OC. The minimum atomic E-state index is -4.65. The molecule has 4 aromatic carbocycles. The van der Waals surface area contributed by atoms with Crippen LogP contribution in [0.3, 0.4) is 0 Å². The van der Waals surface area contributed by atoms with Gasteiger partial charge in [-0.25, -0.2) is 16.8 Å². The lowest BCUT2D eigenvalue weighted by Crippen LogP contribution is -2.23. The molecule has 14 nitrogen and oxygen atoms in total. The first kappa shape index (κ1) is 50.6. The van der Waals surface area contributed by atoms with Gasteiger partial charge in [-0.15, -0.1) is 0 Å². The molecule has 0 saturated carbocycles. The lowest BCUT2D eigenvalue weighted by Gasteiger charge is -2.20. The van der Waals surface area contributed by atoms with E-state index in [1.165, 1.54) is 52.7 Å². The van der Waals surface area contributed by atoms with Crippen molar-refractivity contribution in [2.45, 2.75) is 47.2 Å². The van der Waals surface area contributed by atoms with Gasteiger partial charge in [0, 0.05) is 59.4 Å². The highest BCUT2D eigenvalue weighted by Gasteiger charge is 2.38. The molecule has 2 heterocycles. The summed E-state index contributed by atoms with van der Waals surface area (Å²) in [6.07, 6.45) is -9.00. The van der Waals surface area contributed by atoms with Crippen LogP contribution >= 0.6 is 31.9 Å². The zero-order valence-corrected chi connectivity index (χ0v) is 39.8. The summed E-state index contributed by atoms with van der Waals surface area (Å²) in [6.45, 7) is 2.36. The van der Waals surface area contributed by atoms with Crippen LogP contribution in [-0.4, -0.2) is 108 Å². The van der Waals surface area contributed by atoms with Crippen LogP contribution in [0.4, 0.5) is 37.7 Å². The number of benzene rings is 4. The lowest BCUT2D eigenvalue weighted by molar-refractivity contribution is -0.140. The van der Waals surface area contributed by atoms with Gasteiger partial charge in [0.1, 0.15) is 33.5 Å². The van der Waals surface area contributed by atoms with E-state index in [2.05, 4.69) is 41.3 Å². The van der Waals surface area contributed by atoms with Crippen LogP contribution in [0.1, 0.15) is 24.0 Å². The Morgan fingerprint density at radius 1 is 0.547 bits per heavy atom. The fraction of sp³-hybridized carbons (Fsp3) is 0.400. The second-order valence-corrected chi connectivity index (χ2v) is 19.5. The number of likely N-dealkylation sites (tertiary alicyclic amines) is 2. The number of likely N-dealkylation sites (N-methyl/N-ethyl adjacent to an activating group) is 2. The Hall–Kier alpha value is -4.36. The standard InChI is InChI=1S/2C20H22BrF3N2O5S/c2*1-26-7-6-13(11-26)31-16-8-12(4-5-14(16)20(22,23)24)25-32(27,28)19-10-18(30-3)17(29-2)9-15(19)21/h2*4-5,8-10,13,25H,6-7,11H2,1-3H3/t2*13-/m11/s1. The average molecular weight is 1080 g/mol. The number of anilines is 2. The van der Waals surface area contributed by atoms with Crippen LogP contribution in [-0.2, 0) is 32.4 Å². The number of ether oxygens (including phenoxy) is 6. The number of sulfonamides is 2. The third kappa shape index (κ3) is 12.5. The molecule has 2 N–H and O–H groups in total. The molecule has 0 aromatic heterocycles. The molecule has 0 spiro atoms. The van der Waals surface area contributed by atoms with Crippen molar-refractivity contribution in [3.63, 3.8) is 0 Å². The molecule has 0 radical (unpaired) electrons. The van der Waals surface area contributed by atoms with E-state index >= 15 is 0 Å². The van der Waals surface area contributed by atoms with Crippen LogP contribution in [0.15, 0.2) is 79.4 Å². The number of halogens is 8. The molecule has 2 atom stereocenters. The fourth-order valence-corrected chi connectivity index (χ4v) is 10.9. The summed E-state index contributed by atoms with van der Waals surface area (Å²) in [5, 5.41) is 0. The Morgan fingerprint density at radius 3 is 1.16 bits per heavy atom. The molecule has 0 amide bonds. The number of rotatable bonds is 14. The van der Waals surface area contributed by atoms with E-state index in [1.807, 2.05) is 23.9 Å². The molecule has 64 heavy (non-hydrogen) atoms. The Kier molecular flexibility index (Phi) is 16.2. The zero-order chi connectivity index (χ0) is 47.4. The van der Waals surface area contributed by atoms with Gasteiger partial charge in [0.25, 0.3) is 20.0 Å². The fourth-order valence-electron chi connectivity index (χ4n) is 6.68. The first-order valence-corrected chi connectivity index (χ1v) is 23.5. The Labute approximate surface area is 383 Å². The second kappa shape index (κ2) is 20.4. The maximum atomic E-state index is 13.5. The first-order valence-electron chi connectivity index (χ1n) is 18.9. The molecule has 2 saturated heterocycles. The number of hydrogen-bond donors (Lipinski definition) is 2. The molecule has 0 unspecified atom stereocenters. The molecule has 0 bridgehead atoms. The Bertz CT molecular complexity index is 2360. The Balaban J connectivity index is 0.000000241. The monoisotopic (exact) mass is 1080 g/mol. The van der Waals surface area contributed by atoms with Gasteiger partial charge in [-0.05, 0) is 95.2 Å². The van der Waals surface area contributed by atoms with E-state index in [-0.39, 0.29) is 41.6 Å². The summed E-state index contributed by atoms with van der Waals surface area (Å²) in [5.74, 6) is 0.125. The van der Waals surface area contributed by atoms with Crippen molar-refractivity contribution in [2.75, 3.05) is 78.2 Å². The molecule has 2 aliphatic rings.